The van der Waals surface area contributed by atoms with E-state index < -0.39 is 0 Å². The molecule has 0 radical (unpaired) electrons. The van der Waals surface area contributed by atoms with Crippen molar-refractivity contribution < 1.29 is 9.53 Å². The van der Waals surface area contributed by atoms with Crippen molar-refractivity contribution in [2.24, 2.45) is 0 Å². The number of carbonyl (C=O) groups is 1. The summed E-state index contributed by atoms with van der Waals surface area (Å²) in [6.45, 7) is 6.08. The third kappa shape index (κ3) is 2.60. The van der Waals surface area contributed by atoms with Crippen LogP contribution in [0.5, 0.6) is 0 Å². The lowest BCUT2D eigenvalue weighted by atomic mass is 10.2. The van der Waals surface area contributed by atoms with Gasteiger partial charge in [0, 0.05) is 32.2 Å². The number of carbonyl (C=O) groups excluding carboxylic acids is 1. The van der Waals surface area contributed by atoms with Crippen LogP contribution in [0.2, 0.25) is 0 Å². The Bertz CT molecular complexity index is 493. The van der Waals surface area contributed by atoms with Crippen LogP contribution >= 0.6 is 11.5 Å². The van der Waals surface area contributed by atoms with Crippen LogP contribution in [0.4, 0.5) is 10.8 Å². The molecule has 1 aromatic heterocycles. The first kappa shape index (κ1) is 13.6. The van der Waals surface area contributed by atoms with Gasteiger partial charge >= 0.3 is 5.97 Å². The first-order valence-corrected chi connectivity index (χ1v) is 7.89. The number of hydrogen-bond donors (Lipinski definition) is 1. The van der Waals surface area contributed by atoms with E-state index in [-0.39, 0.29) is 11.8 Å². The highest BCUT2D eigenvalue weighted by Gasteiger charge is 2.33. The summed E-state index contributed by atoms with van der Waals surface area (Å²) in [7, 11) is 0. The molecule has 20 heavy (non-hydrogen) atoms. The zero-order valence-corrected chi connectivity index (χ0v) is 12.5. The minimum atomic E-state index is -0.363. The van der Waals surface area contributed by atoms with Gasteiger partial charge in [0.25, 0.3) is 0 Å². The Morgan fingerprint density at radius 3 is 2.70 bits per heavy atom. The van der Waals surface area contributed by atoms with E-state index in [0.717, 1.165) is 37.2 Å². The summed E-state index contributed by atoms with van der Waals surface area (Å²) in [5.41, 5.74) is 6.27. The van der Waals surface area contributed by atoms with Crippen molar-refractivity contribution in [3.63, 3.8) is 0 Å². The van der Waals surface area contributed by atoms with Crippen molar-refractivity contribution in [3.05, 3.63) is 5.56 Å². The third-order valence-corrected chi connectivity index (χ3v) is 4.77. The summed E-state index contributed by atoms with van der Waals surface area (Å²) in [5, 5.41) is 0.858. The molecule has 7 heteroatoms. The quantitative estimate of drug-likeness (QED) is 0.841. The van der Waals surface area contributed by atoms with Gasteiger partial charge in [-0.1, -0.05) is 0 Å². The molecule has 0 bridgehead atoms. The summed E-state index contributed by atoms with van der Waals surface area (Å²) in [4.78, 5) is 16.7. The van der Waals surface area contributed by atoms with Crippen LogP contribution in [0.25, 0.3) is 0 Å². The Kier molecular flexibility index (Phi) is 3.80. The van der Waals surface area contributed by atoms with Crippen LogP contribution in [-0.2, 0) is 4.74 Å². The monoisotopic (exact) mass is 296 g/mol. The summed E-state index contributed by atoms with van der Waals surface area (Å²) in [5.74, 6) is -0.0774. The van der Waals surface area contributed by atoms with E-state index in [1.165, 1.54) is 24.4 Å². The lowest BCUT2D eigenvalue weighted by molar-refractivity contribution is 0.0528. The van der Waals surface area contributed by atoms with Gasteiger partial charge in [-0.2, -0.15) is 4.37 Å². The fraction of sp³-hybridized carbons (Fsp3) is 0.692. The standard InChI is InChI=1S/C13H20N4O2S/c1-2-19-13(18)10-11(14)15-20-12(10)17-7-5-16(6-8-17)9-3-4-9/h9H,2-8H2,1H3,(H2,14,15). The Hall–Kier alpha value is -1.34. The second-order valence-corrected chi connectivity index (χ2v) is 5.97. The van der Waals surface area contributed by atoms with Crippen LogP contribution in [-0.4, -0.2) is 54.1 Å². The predicted molar refractivity (Wildman–Crippen MR) is 79.3 cm³/mol. The molecule has 2 aliphatic rings. The number of anilines is 2. The van der Waals surface area contributed by atoms with Gasteiger partial charge < -0.3 is 15.4 Å². The molecule has 1 aliphatic heterocycles. The van der Waals surface area contributed by atoms with Crippen molar-refractivity contribution in [1.82, 2.24) is 9.27 Å². The highest BCUT2D eigenvalue weighted by molar-refractivity contribution is 7.11. The van der Waals surface area contributed by atoms with E-state index in [0.29, 0.717) is 12.2 Å². The smallest absolute Gasteiger partial charge is 0.345 e. The van der Waals surface area contributed by atoms with Crippen LogP contribution in [0.3, 0.4) is 0 Å². The molecular formula is C13H20N4O2S. The molecule has 2 N–H and O–H groups in total. The van der Waals surface area contributed by atoms with Gasteiger partial charge in [0.05, 0.1) is 6.61 Å². The van der Waals surface area contributed by atoms with E-state index in [1.54, 1.807) is 6.92 Å². The molecule has 1 saturated heterocycles. The van der Waals surface area contributed by atoms with E-state index >= 15 is 0 Å². The number of rotatable bonds is 4. The minimum absolute atomic E-state index is 0.285. The Labute approximate surface area is 122 Å². The van der Waals surface area contributed by atoms with Crippen LogP contribution < -0.4 is 10.6 Å². The number of aromatic nitrogens is 1. The van der Waals surface area contributed by atoms with Gasteiger partial charge in [-0.3, -0.25) is 4.90 Å². The second-order valence-electron chi connectivity index (χ2n) is 5.22. The molecule has 1 aromatic rings. The molecule has 3 rings (SSSR count). The fourth-order valence-corrected chi connectivity index (χ4v) is 3.49. The number of piperazine rings is 1. The second kappa shape index (κ2) is 5.57. The van der Waals surface area contributed by atoms with Crippen molar-refractivity contribution in [3.8, 4) is 0 Å². The van der Waals surface area contributed by atoms with E-state index in [4.69, 9.17) is 10.5 Å². The topological polar surface area (TPSA) is 71.7 Å². The normalized spacial score (nSPS) is 20.1. The summed E-state index contributed by atoms with van der Waals surface area (Å²) in [6, 6.07) is 0.799. The maximum Gasteiger partial charge on any atom is 0.345 e. The van der Waals surface area contributed by atoms with Crippen molar-refractivity contribution in [1.29, 1.82) is 0 Å². The number of nitrogen functional groups attached to an aromatic ring is 1. The van der Waals surface area contributed by atoms with E-state index in [1.807, 2.05) is 0 Å². The lowest BCUT2D eigenvalue weighted by Gasteiger charge is -2.35. The summed E-state index contributed by atoms with van der Waals surface area (Å²) < 4.78 is 9.20. The number of nitrogens with two attached hydrogens (primary N) is 1. The van der Waals surface area contributed by atoms with Crippen molar-refractivity contribution in [2.75, 3.05) is 43.4 Å². The maximum absolute atomic E-state index is 12.0. The van der Waals surface area contributed by atoms with Gasteiger partial charge in [0.15, 0.2) is 5.82 Å². The molecule has 0 atom stereocenters. The first-order valence-electron chi connectivity index (χ1n) is 7.12. The molecular weight excluding hydrogens is 276 g/mol. The number of hydrogen-bond acceptors (Lipinski definition) is 7. The van der Waals surface area contributed by atoms with Crippen molar-refractivity contribution in [2.45, 2.75) is 25.8 Å². The minimum Gasteiger partial charge on any atom is -0.462 e. The summed E-state index contributed by atoms with van der Waals surface area (Å²) in [6.07, 6.45) is 2.67. The molecule has 0 spiro atoms. The van der Waals surface area contributed by atoms with E-state index in [9.17, 15) is 4.79 Å². The lowest BCUT2D eigenvalue weighted by Crippen LogP contribution is -2.47. The Balaban J connectivity index is 1.72. The molecule has 0 aromatic carbocycles. The van der Waals surface area contributed by atoms with Gasteiger partial charge in [-0.25, -0.2) is 4.79 Å². The average molecular weight is 296 g/mol. The third-order valence-electron chi connectivity index (χ3n) is 3.84. The highest BCUT2D eigenvalue weighted by Crippen LogP contribution is 2.33. The van der Waals surface area contributed by atoms with Crippen molar-refractivity contribution >= 4 is 28.3 Å². The Morgan fingerprint density at radius 1 is 1.40 bits per heavy atom. The molecule has 1 saturated carbocycles. The molecule has 2 fully saturated rings. The molecule has 0 unspecified atom stereocenters. The van der Waals surface area contributed by atoms with Gasteiger partial charge in [0.2, 0.25) is 0 Å². The number of ether oxygens (including phenoxy) is 1. The van der Waals surface area contributed by atoms with Crippen LogP contribution in [0.15, 0.2) is 0 Å². The van der Waals surface area contributed by atoms with E-state index in [2.05, 4.69) is 14.2 Å². The molecule has 110 valence electrons. The Morgan fingerprint density at radius 2 is 2.10 bits per heavy atom. The van der Waals surface area contributed by atoms with Gasteiger partial charge in [-0.05, 0) is 31.3 Å². The SMILES string of the molecule is CCOC(=O)c1c(N)nsc1N1CCN(C2CC2)CC1. The molecule has 2 heterocycles. The highest BCUT2D eigenvalue weighted by atomic mass is 32.1. The van der Waals surface area contributed by atoms with Gasteiger partial charge in [-0.15, -0.1) is 0 Å². The predicted octanol–water partition coefficient (Wildman–Crippen LogP) is 1.19. The number of esters is 1. The molecule has 1 aliphatic carbocycles. The largest absolute Gasteiger partial charge is 0.462 e. The fourth-order valence-electron chi connectivity index (χ4n) is 2.63. The van der Waals surface area contributed by atoms with Gasteiger partial charge in [0.1, 0.15) is 10.6 Å². The first-order chi connectivity index (χ1) is 9.70. The summed E-state index contributed by atoms with van der Waals surface area (Å²) >= 11 is 1.29. The van der Waals surface area contributed by atoms with Crippen LogP contribution in [0, 0.1) is 0 Å². The zero-order chi connectivity index (χ0) is 14.1. The van der Waals surface area contributed by atoms with Crippen LogP contribution in [0.1, 0.15) is 30.1 Å². The maximum atomic E-state index is 12.0. The number of nitrogens with zero attached hydrogens (tertiary/aromatic N) is 3. The molecule has 0 amide bonds. The zero-order valence-electron chi connectivity index (χ0n) is 11.7. The average Bonchev–Trinajstić information content (AvgIpc) is 3.22. The molecule has 6 nitrogen and oxygen atoms in total.